The van der Waals surface area contributed by atoms with Crippen LogP contribution in [-0.2, 0) is 4.74 Å². The van der Waals surface area contributed by atoms with Crippen LogP contribution in [0.1, 0.15) is 50.1 Å². The van der Waals surface area contributed by atoms with Crippen molar-refractivity contribution in [2.24, 2.45) is 5.92 Å². The molecule has 1 aliphatic carbocycles. The topological polar surface area (TPSA) is 50.3 Å². The lowest BCUT2D eigenvalue weighted by Gasteiger charge is -2.37. The number of aromatic amines is 1. The van der Waals surface area contributed by atoms with Crippen molar-refractivity contribution in [3.8, 4) is 0 Å². The molecule has 1 saturated heterocycles. The van der Waals surface area contributed by atoms with Crippen LogP contribution in [-0.4, -0.2) is 47.3 Å². The minimum absolute atomic E-state index is 0.0410. The van der Waals surface area contributed by atoms with Gasteiger partial charge in [0.1, 0.15) is 0 Å². The van der Waals surface area contributed by atoms with Gasteiger partial charge in [-0.1, -0.05) is 12.5 Å². The number of H-pyrrole nitrogens is 1. The summed E-state index contributed by atoms with van der Waals surface area (Å²) >= 11 is 0. The Hall–Kier alpha value is -1.59. The van der Waals surface area contributed by atoms with Crippen molar-refractivity contribution in [2.75, 3.05) is 26.7 Å². The molecule has 0 radical (unpaired) electrons. The maximum Gasteiger partial charge on any atom is 0.326 e. The zero-order chi connectivity index (χ0) is 18.1. The predicted octanol–water partition coefficient (Wildman–Crippen LogP) is 3.48. The Balaban J connectivity index is 1.40. The van der Waals surface area contributed by atoms with Crippen molar-refractivity contribution in [2.45, 2.75) is 57.6 Å². The fourth-order valence-corrected chi connectivity index (χ4v) is 4.94. The van der Waals surface area contributed by atoms with E-state index < -0.39 is 0 Å². The summed E-state index contributed by atoms with van der Waals surface area (Å²) in [5.41, 5.74) is 3.26. The van der Waals surface area contributed by atoms with Crippen molar-refractivity contribution in [3.63, 3.8) is 0 Å². The fraction of sp³-hybridized carbons (Fsp3) is 0.667. The summed E-state index contributed by atoms with van der Waals surface area (Å²) in [7, 11) is 1.85. The van der Waals surface area contributed by atoms with Crippen LogP contribution in [0.5, 0.6) is 0 Å². The van der Waals surface area contributed by atoms with Gasteiger partial charge < -0.3 is 14.6 Å². The minimum Gasteiger partial charge on any atom is -0.381 e. The Morgan fingerprint density at radius 1 is 1.19 bits per heavy atom. The Morgan fingerprint density at radius 2 is 2.00 bits per heavy atom. The summed E-state index contributed by atoms with van der Waals surface area (Å²) in [5, 5.41) is 0. The Labute approximate surface area is 155 Å². The summed E-state index contributed by atoms with van der Waals surface area (Å²) in [6.45, 7) is 5.45. The highest BCUT2D eigenvalue weighted by Gasteiger charge is 2.27. The Kier molecular flexibility index (Phi) is 5.18. The second-order valence-electron chi connectivity index (χ2n) is 8.24. The first-order valence-corrected chi connectivity index (χ1v) is 10.1. The maximum atomic E-state index is 12.5. The molecule has 2 fully saturated rings. The molecule has 142 valence electrons. The smallest absolute Gasteiger partial charge is 0.326 e. The number of nitrogens with zero attached hydrogens (tertiary/aromatic N) is 2. The van der Waals surface area contributed by atoms with Gasteiger partial charge in [-0.3, -0.25) is 4.57 Å². The van der Waals surface area contributed by atoms with Gasteiger partial charge in [0.2, 0.25) is 0 Å². The molecule has 4 rings (SSSR count). The van der Waals surface area contributed by atoms with Crippen LogP contribution in [0.4, 0.5) is 0 Å². The van der Waals surface area contributed by atoms with Gasteiger partial charge in [-0.15, -0.1) is 0 Å². The van der Waals surface area contributed by atoms with Crippen molar-refractivity contribution < 1.29 is 4.74 Å². The summed E-state index contributed by atoms with van der Waals surface area (Å²) < 4.78 is 7.58. The number of rotatable bonds is 4. The van der Waals surface area contributed by atoms with Crippen LogP contribution >= 0.6 is 0 Å². The highest BCUT2D eigenvalue weighted by Crippen LogP contribution is 2.30. The van der Waals surface area contributed by atoms with E-state index in [4.69, 9.17) is 4.74 Å². The molecule has 1 aliphatic heterocycles. The van der Waals surface area contributed by atoms with E-state index in [0.29, 0.717) is 12.1 Å². The van der Waals surface area contributed by atoms with E-state index in [1.54, 1.807) is 0 Å². The van der Waals surface area contributed by atoms with E-state index >= 15 is 0 Å². The molecule has 2 aliphatic rings. The van der Waals surface area contributed by atoms with Gasteiger partial charge in [0.25, 0.3) is 0 Å². The van der Waals surface area contributed by atoms with E-state index in [1.165, 1.54) is 37.8 Å². The average Bonchev–Trinajstić information content (AvgIpc) is 2.98. The highest BCUT2D eigenvalue weighted by molar-refractivity contribution is 5.76. The van der Waals surface area contributed by atoms with Crippen LogP contribution in [0, 0.1) is 12.8 Å². The predicted molar refractivity (Wildman–Crippen MR) is 105 cm³/mol. The van der Waals surface area contributed by atoms with Crippen LogP contribution in [0.15, 0.2) is 23.0 Å². The number of likely N-dealkylation sites (tertiary alicyclic amines) is 1. The van der Waals surface area contributed by atoms with Crippen LogP contribution in [0.3, 0.4) is 0 Å². The molecule has 1 N–H and O–H groups in total. The number of aromatic nitrogens is 2. The molecule has 26 heavy (non-hydrogen) atoms. The molecule has 5 nitrogen and oxygen atoms in total. The number of piperidine rings is 1. The van der Waals surface area contributed by atoms with Gasteiger partial charge in [0, 0.05) is 32.8 Å². The van der Waals surface area contributed by atoms with Gasteiger partial charge in [0.15, 0.2) is 0 Å². The van der Waals surface area contributed by atoms with E-state index in [-0.39, 0.29) is 5.69 Å². The molecule has 1 aromatic carbocycles. The molecule has 2 heterocycles. The van der Waals surface area contributed by atoms with Gasteiger partial charge in [-0.2, -0.15) is 0 Å². The lowest BCUT2D eigenvalue weighted by atomic mass is 9.86. The molecule has 0 bridgehead atoms. The number of hydrogen-bond donors (Lipinski definition) is 1. The van der Waals surface area contributed by atoms with E-state index in [2.05, 4.69) is 28.9 Å². The molecule has 0 spiro atoms. The third kappa shape index (κ3) is 3.60. The minimum atomic E-state index is 0.0410. The lowest BCUT2D eigenvalue weighted by molar-refractivity contribution is 0.0380. The summed E-state index contributed by atoms with van der Waals surface area (Å²) in [6.07, 6.45) is 7.63. The number of ether oxygens (including phenoxy) is 1. The molecular weight excluding hydrogens is 326 g/mol. The molecular formula is C21H31N3O2. The molecule has 2 aromatic rings. The van der Waals surface area contributed by atoms with Crippen LogP contribution in [0.2, 0.25) is 0 Å². The summed E-state index contributed by atoms with van der Waals surface area (Å²) in [5.74, 6) is 0.767. The molecule has 0 amide bonds. The van der Waals surface area contributed by atoms with E-state index in [1.807, 2.05) is 17.7 Å². The first-order chi connectivity index (χ1) is 12.6. The SMILES string of the molecule is COC1CCCC(CN2CCC(n3c(=O)[nH]c4ccc(C)cc43)CC2)C1. The quantitative estimate of drug-likeness (QED) is 0.911. The number of imidazole rings is 1. The summed E-state index contributed by atoms with van der Waals surface area (Å²) in [6, 6.07) is 6.52. The van der Waals surface area contributed by atoms with Crippen LogP contribution in [0.25, 0.3) is 11.0 Å². The number of aryl methyl sites for hydroxylation is 1. The molecule has 1 saturated carbocycles. The number of nitrogens with one attached hydrogen (secondary N) is 1. The molecule has 2 unspecified atom stereocenters. The Bertz CT molecular complexity index is 801. The Morgan fingerprint density at radius 3 is 2.77 bits per heavy atom. The fourth-order valence-electron chi connectivity index (χ4n) is 4.94. The monoisotopic (exact) mass is 357 g/mol. The second kappa shape index (κ2) is 7.57. The number of methoxy groups -OCH3 is 1. The van der Waals surface area contributed by atoms with E-state index in [9.17, 15) is 4.79 Å². The number of benzene rings is 1. The van der Waals surface area contributed by atoms with E-state index in [0.717, 1.165) is 42.9 Å². The van der Waals surface area contributed by atoms with Crippen molar-refractivity contribution in [3.05, 3.63) is 34.2 Å². The van der Waals surface area contributed by atoms with Gasteiger partial charge in [-0.25, -0.2) is 4.79 Å². The van der Waals surface area contributed by atoms with Crippen LogP contribution < -0.4 is 5.69 Å². The zero-order valence-corrected chi connectivity index (χ0v) is 16.0. The first-order valence-electron chi connectivity index (χ1n) is 10.1. The van der Waals surface area contributed by atoms with Gasteiger partial charge in [0.05, 0.1) is 17.1 Å². The third-order valence-corrected chi connectivity index (χ3v) is 6.38. The lowest BCUT2D eigenvalue weighted by Crippen LogP contribution is -2.40. The average molecular weight is 357 g/mol. The second-order valence-corrected chi connectivity index (χ2v) is 8.24. The first kappa shape index (κ1) is 17.8. The maximum absolute atomic E-state index is 12.5. The third-order valence-electron chi connectivity index (χ3n) is 6.38. The highest BCUT2D eigenvalue weighted by atomic mass is 16.5. The van der Waals surface area contributed by atoms with Crippen molar-refractivity contribution >= 4 is 11.0 Å². The molecule has 5 heteroatoms. The normalized spacial score (nSPS) is 25.8. The van der Waals surface area contributed by atoms with Gasteiger partial charge in [-0.05, 0) is 62.6 Å². The number of hydrogen-bond acceptors (Lipinski definition) is 3. The summed E-state index contributed by atoms with van der Waals surface area (Å²) in [4.78, 5) is 18.1. The largest absolute Gasteiger partial charge is 0.381 e. The van der Waals surface area contributed by atoms with Crippen molar-refractivity contribution in [1.82, 2.24) is 14.5 Å². The van der Waals surface area contributed by atoms with Crippen molar-refractivity contribution in [1.29, 1.82) is 0 Å². The molecule has 2 atom stereocenters. The number of fused-ring (bicyclic) bond motifs is 1. The standard InChI is InChI=1S/C21H31N3O2/c1-15-6-7-19-20(12-15)24(21(25)22-19)17-8-10-23(11-9-17)14-16-4-3-5-18(13-16)26-2/h6-7,12,16-18H,3-5,8-11,13-14H2,1-2H3,(H,22,25). The zero-order valence-electron chi connectivity index (χ0n) is 16.0. The van der Waals surface area contributed by atoms with Gasteiger partial charge >= 0.3 is 5.69 Å². The molecule has 1 aromatic heterocycles.